The summed E-state index contributed by atoms with van der Waals surface area (Å²) in [6.07, 6.45) is 0. The molecule has 0 saturated carbocycles. The fourth-order valence-electron chi connectivity index (χ4n) is 0. The van der Waals surface area contributed by atoms with Crippen molar-refractivity contribution >= 4 is 28.5 Å². The fraction of sp³-hybridized carbons (Fsp3) is 0.250. The van der Waals surface area contributed by atoms with Crippen LogP contribution in [-0.4, -0.2) is 0 Å². The van der Waals surface area contributed by atoms with Crippen LogP contribution in [0.2, 0.25) is 0 Å². The van der Waals surface area contributed by atoms with Crippen LogP contribution in [0.15, 0.2) is 0 Å². The van der Waals surface area contributed by atoms with Crippen LogP contribution in [0.4, 0.5) is 0 Å². The summed E-state index contributed by atoms with van der Waals surface area (Å²) in [5, 5.41) is 0. The molecule has 0 heterocycles. The minimum absolute atomic E-state index is 0.917. The van der Waals surface area contributed by atoms with Crippen molar-refractivity contribution in [3.63, 3.8) is 0 Å². The van der Waals surface area contributed by atoms with Gasteiger partial charge in [-0.3, -0.25) is 0 Å². The molecule has 0 aromatic carbocycles. The summed E-state index contributed by atoms with van der Waals surface area (Å²) >= 11 is 12.5. The summed E-state index contributed by atoms with van der Waals surface area (Å²) in [5.74, 6) is 1.83. The standard InChI is InChI=1S/2C4H7.2BrH.2Ni/c2*1-4(2)3;;;;/h2*1-2H2,3H3;2*1H;;/q;;;;2*+1/p-2. The van der Waals surface area contributed by atoms with Gasteiger partial charge in [0, 0.05) is 0 Å². The van der Waals surface area contributed by atoms with E-state index in [0.29, 0.717) is 0 Å². The molecule has 0 N–H and O–H groups in total. The molecule has 0 atom stereocenters. The van der Waals surface area contributed by atoms with E-state index in [1.165, 1.54) is 0 Å². The van der Waals surface area contributed by atoms with Crippen LogP contribution in [-0.2, 0) is 27.4 Å². The predicted octanol–water partition coefficient (Wildman–Crippen LogP) is 4.18. The van der Waals surface area contributed by atoms with Crippen LogP contribution >= 0.6 is 28.5 Å². The Morgan fingerprint density at radius 2 is 0.750 bits per heavy atom. The van der Waals surface area contributed by atoms with Gasteiger partial charge in [-0.2, -0.15) is 0 Å². The molecular formula is C8H14Br2Ni2. The van der Waals surface area contributed by atoms with Crippen molar-refractivity contribution in [1.82, 2.24) is 0 Å². The van der Waals surface area contributed by atoms with Gasteiger partial charge in [-0.1, -0.05) is 13.8 Å². The number of hydrogen-bond acceptors (Lipinski definition) is 0. The Labute approximate surface area is 108 Å². The van der Waals surface area contributed by atoms with E-state index in [1.807, 2.05) is 13.8 Å². The average molecular weight is 387 g/mol. The monoisotopic (exact) mass is 384 g/mol. The zero-order valence-electron chi connectivity index (χ0n) is 7.22. The maximum absolute atomic E-state index is 3.69. The molecule has 80 valence electrons. The maximum atomic E-state index is 3.69. The molecule has 0 aromatic heterocycles. The van der Waals surface area contributed by atoms with Crippen molar-refractivity contribution in [2.24, 2.45) is 0 Å². The van der Waals surface area contributed by atoms with Crippen molar-refractivity contribution in [1.29, 1.82) is 0 Å². The topological polar surface area (TPSA) is 0 Å². The summed E-state index contributed by atoms with van der Waals surface area (Å²) < 4.78 is 0. The molecule has 6 radical (unpaired) electrons. The van der Waals surface area contributed by atoms with E-state index in [9.17, 15) is 0 Å². The van der Waals surface area contributed by atoms with E-state index in [-0.39, 0.29) is 0 Å². The van der Waals surface area contributed by atoms with Crippen LogP contribution in [0.25, 0.3) is 0 Å². The third-order valence-corrected chi connectivity index (χ3v) is 0. The first-order chi connectivity index (χ1) is 5.46. The van der Waals surface area contributed by atoms with Crippen LogP contribution in [0.3, 0.4) is 0 Å². The Bertz CT molecular complexity index is 30.5. The second-order valence-corrected chi connectivity index (χ2v) is 1.91. The van der Waals surface area contributed by atoms with Crippen molar-refractivity contribution in [3.8, 4) is 0 Å². The first kappa shape index (κ1) is 23.6. The molecule has 0 nitrogen and oxygen atoms in total. The number of hydrogen-bond donors (Lipinski definition) is 0. The molecule has 0 aromatic rings. The Balaban J connectivity index is -0.0000000380. The quantitative estimate of drug-likeness (QED) is 0.547. The molecule has 0 rings (SSSR count). The second-order valence-electron chi connectivity index (χ2n) is 1.91. The van der Waals surface area contributed by atoms with Gasteiger partial charge in [0.2, 0.25) is 0 Å². The minimum atomic E-state index is 0.917. The Kier molecular flexibility index (Phi) is 57.6. The number of halogens is 2. The molecule has 0 aliphatic rings. The summed E-state index contributed by atoms with van der Waals surface area (Å²) in [7, 11) is 0. The molecule has 0 saturated heterocycles. The Hall–Kier alpha value is 1.95. The zero-order chi connectivity index (χ0) is 11.2. The first-order valence-electron chi connectivity index (χ1n) is 2.65. The van der Waals surface area contributed by atoms with Gasteiger partial charge in [0.25, 0.3) is 0 Å². The first-order valence-corrected chi connectivity index (χ1v) is 7.54. The zero-order valence-corrected chi connectivity index (χ0v) is 12.4. The van der Waals surface area contributed by atoms with E-state index in [4.69, 9.17) is 0 Å². The van der Waals surface area contributed by atoms with Gasteiger partial charge >= 0.3 is 55.8 Å². The van der Waals surface area contributed by atoms with Gasteiger partial charge in [-0.05, 0) is 39.5 Å². The normalized spacial score (nSPS) is 7.17. The van der Waals surface area contributed by atoms with Gasteiger partial charge in [0.15, 0.2) is 0 Å². The van der Waals surface area contributed by atoms with Crippen molar-refractivity contribution in [2.45, 2.75) is 13.8 Å². The molecule has 0 fully saturated rings. The number of rotatable bonds is 0. The second kappa shape index (κ2) is 29.3. The molecule has 0 aliphatic heterocycles. The molecule has 0 unspecified atom stereocenters. The van der Waals surface area contributed by atoms with Crippen LogP contribution in [0.5, 0.6) is 0 Å². The van der Waals surface area contributed by atoms with E-state index in [0.717, 1.165) is 11.8 Å². The van der Waals surface area contributed by atoms with Crippen LogP contribution in [0, 0.1) is 39.5 Å². The van der Waals surface area contributed by atoms with E-state index >= 15 is 0 Å². The van der Waals surface area contributed by atoms with Crippen LogP contribution in [0.1, 0.15) is 13.8 Å². The summed E-state index contributed by atoms with van der Waals surface area (Å²) in [6.45, 7) is 17.5. The molecule has 0 amide bonds. The van der Waals surface area contributed by atoms with Crippen molar-refractivity contribution < 1.29 is 27.4 Å². The van der Waals surface area contributed by atoms with Gasteiger partial charge in [0.1, 0.15) is 0 Å². The molecule has 0 bridgehead atoms. The third-order valence-electron chi connectivity index (χ3n) is 0. The molecular weight excluding hydrogens is 373 g/mol. The summed E-state index contributed by atoms with van der Waals surface area (Å²) in [5.41, 5.74) is 0. The van der Waals surface area contributed by atoms with Crippen molar-refractivity contribution in [2.75, 3.05) is 0 Å². The van der Waals surface area contributed by atoms with Crippen LogP contribution < -0.4 is 0 Å². The SMILES string of the molecule is [CH2][C]([CH2])C.[CH2][C]([CH2])C.[Ni][Br].[Ni][Br]. The van der Waals surface area contributed by atoms with Crippen molar-refractivity contribution in [3.05, 3.63) is 39.5 Å². The molecule has 4 heteroatoms. The summed E-state index contributed by atoms with van der Waals surface area (Å²) in [4.78, 5) is 0. The molecule has 12 heavy (non-hydrogen) atoms. The molecule has 0 aliphatic carbocycles. The average Bonchev–Trinajstić information content (AvgIpc) is 1.93. The van der Waals surface area contributed by atoms with Gasteiger partial charge in [0.05, 0.1) is 0 Å². The Morgan fingerprint density at radius 1 is 0.750 bits per heavy atom. The third kappa shape index (κ3) is 378. The predicted molar refractivity (Wildman–Crippen MR) is 57.1 cm³/mol. The Morgan fingerprint density at radius 3 is 0.750 bits per heavy atom. The molecule has 0 spiro atoms. The van der Waals surface area contributed by atoms with E-state index in [2.05, 4.69) is 83.5 Å². The van der Waals surface area contributed by atoms with Gasteiger partial charge in [-0.25, -0.2) is 0 Å². The van der Waals surface area contributed by atoms with E-state index in [1.54, 1.807) is 0 Å². The fourth-order valence-corrected chi connectivity index (χ4v) is 0. The van der Waals surface area contributed by atoms with E-state index < -0.39 is 0 Å². The van der Waals surface area contributed by atoms with Gasteiger partial charge < -0.3 is 0 Å². The van der Waals surface area contributed by atoms with Gasteiger partial charge in [-0.15, -0.1) is 0 Å². The summed E-state index contributed by atoms with van der Waals surface area (Å²) in [6, 6.07) is 0.